The first kappa shape index (κ1) is 42.9. The van der Waals surface area contributed by atoms with E-state index in [9.17, 15) is 9.46 Å². The number of rotatable bonds is 29. The van der Waals surface area contributed by atoms with E-state index >= 15 is 0 Å². The number of ether oxygens (including phenoxy) is 3. The van der Waals surface area contributed by atoms with Gasteiger partial charge in [0.05, 0.1) is 44.3 Å². The number of aromatic nitrogens is 2. The predicted octanol–water partition coefficient (Wildman–Crippen LogP) is 8.19. The SMILES string of the molecule is CCCCCCCCCCCCCCCCCCOCC(COP(=O)(O)OCC1CCC(c2ccc3n2NCN=C3N)O1)OCc1ccc(C#N)nc1. The molecule has 1 saturated heterocycles. The highest BCUT2D eigenvalue weighted by molar-refractivity contribution is 7.47. The van der Waals surface area contributed by atoms with Gasteiger partial charge in [-0.05, 0) is 43.0 Å². The number of amidine groups is 1. The molecule has 4 unspecified atom stereocenters. The van der Waals surface area contributed by atoms with Crippen molar-refractivity contribution in [3.05, 3.63) is 53.1 Å². The second-order valence-electron chi connectivity index (χ2n) is 14.2. The van der Waals surface area contributed by atoms with Gasteiger partial charge in [-0.15, -0.1) is 0 Å². The zero-order chi connectivity index (χ0) is 37.6. The fraction of sp³-hybridized carbons (Fsp3) is 0.718. The van der Waals surface area contributed by atoms with Gasteiger partial charge in [-0.1, -0.05) is 109 Å². The lowest BCUT2D eigenvalue weighted by Crippen LogP contribution is -2.32. The monoisotopic (exact) mass is 758 g/mol. The van der Waals surface area contributed by atoms with Crippen molar-refractivity contribution in [2.45, 2.75) is 147 Å². The molecule has 14 heteroatoms. The van der Waals surface area contributed by atoms with Crippen molar-refractivity contribution in [1.29, 1.82) is 5.26 Å². The molecule has 0 radical (unpaired) electrons. The van der Waals surface area contributed by atoms with Crippen LogP contribution in [0.3, 0.4) is 0 Å². The second-order valence-corrected chi connectivity index (χ2v) is 15.7. The summed E-state index contributed by atoms with van der Waals surface area (Å²) in [7, 11) is -4.40. The third-order valence-corrected chi connectivity index (χ3v) is 10.8. The molecule has 13 nitrogen and oxygen atoms in total. The van der Waals surface area contributed by atoms with Crippen LogP contribution in [-0.4, -0.2) is 65.7 Å². The maximum atomic E-state index is 12.9. The third-order valence-electron chi connectivity index (χ3n) is 9.81. The zero-order valence-electron chi connectivity index (χ0n) is 31.8. The smallest absolute Gasteiger partial charge is 0.382 e. The molecule has 2 aliphatic rings. The summed E-state index contributed by atoms with van der Waals surface area (Å²) in [4.78, 5) is 18.8. The lowest BCUT2D eigenvalue weighted by molar-refractivity contribution is -0.0529. The van der Waals surface area contributed by atoms with Crippen molar-refractivity contribution in [2.75, 3.05) is 38.5 Å². The van der Waals surface area contributed by atoms with Crippen LogP contribution in [0.1, 0.15) is 151 Å². The molecule has 53 heavy (non-hydrogen) atoms. The molecule has 2 aromatic heterocycles. The van der Waals surface area contributed by atoms with E-state index in [1.54, 1.807) is 18.3 Å². The largest absolute Gasteiger partial charge is 0.472 e. The first-order valence-corrected chi connectivity index (χ1v) is 21.5. The molecular formula is C39H63N6O7P. The Morgan fingerprint density at radius 2 is 1.64 bits per heavy atom. The average molecular weight is 759 g/mol. The Hall–Kier alpha value is -2.82. The molecule has 2 aromatic rings. The Morgan fingerprint density at radius 3 is 2.28 bits per heavy atom. The summed E-state index contributed by atoms with van der Waals surface area (Å²) in [6, 6.07) is 9.22. The van der Waals surface area contributed by atoms with Crippen LogP contribution >= 0.6 is 7.82 Å². The van der Waals surface area contributed by atoms with Crippen LogP contribution < -0.4 is 11.2 Å². The maximum absolute atomic E-state index is 12.9. The number of hydrogen-bond donors (Lipinski definition) is 3. The number of nitrogens with one attached hydrogen (secondary N) is 1. The normalized spacial score (nSPS) is 18.5. The minimum atomic E-state index is -4.40. The molecule has 0 saturated carbocycles. The van der Waals surface area contributed by atoms with Crippen LogP contribution in [0.2, 0.25) is 0 Å². The molecule has 0 bridgehead atoms. The molecule has 4 atom stereocenters. The number of hydrogen-bond acceptors (Lipinski definition) is 11. The molecule has 0 aliphatic carbocycles. The van der Waals surface area contributed by atoms with Crippen LogP contribution in [0.4, 0.5) is 0 Å². The predicted molar refractivity (Wildman–Crippen MR) is 206 cm³/mol. The Balaban J connectivity index is 1.09. The number of nitrogens with zero attached hydrogens (tertiary/aromatic N) is 4. The quantitative estimate of drug-likeness (QED) is 0.0539. The van der Waals surface area contributed by atoms with Gasteiger partial charge in [0.15, 0.2) is 0 Å². The third kappa shape index (κ3) is 16.2. The summed E-state index contributed by atoms with van der Waals surface area (Å²) in [6.45, 7) is 3.31. The minimum Gasteiger partial charge on any atom is -0.382 e. The van der Waals surface area contributed by atoms with E-state index in [0.717, 1.165) is 36.2 Å². The molecule has 0 spiro atoms. The Labute approximate surface area is 316 Å². The van der Waals surface area contributed by atoms with Gasteiger partial charge in [0.25, 0.3) is 0 Å². The van der Waals surface area contributed by atoms with Crippen molar-refractivity contribution >= 4 is 13.7 Å². The molecular weight excluding hydrogens is 695 g/mol. The summed E-state index contributed by atoms with van der Waals surface area (Å²) < 4.78 is 43.6. The number of fused-ring (bicyclic) bond motifs is 1. The van der Waals surface area contributed by atoms with E-state index in [-0.39, 0.29) is 38.6 Å². The molecule has 4 N–H and O–H groups in total. The topological polar surface area (TPSA) is 175 Å². The Morgan fingerprint density at radius 1 is 0.962 bits per heavy atom. The van der Waals surface area contributed by atoms with Gasteiger partial charge in [0, 0.05) is 12.8 Å². The molecule has 2 aliphatic heterocycles. The highest BCUT2D eigenvalue weighted by Crippen LogP contribution is 2.45. The van der Waals surface area contributed by atoms with Crippen LogP contribution in [0.15, 0.2) is 35.5 Å². The summed E-state index contributed by atoms with van der Waals surface area (Å²) in [5.74, 6) is 0.465. The molecule has 0 amide bonds. The van der Waals surface area contributed by atoms with Gasteiger partial charge in [0.1, 0.15) is 36.1 Å². The van der Waals surface area contributed by atoms with Gasteiger partial charge in [0.2, 0.25) is 0 Å². The first-order valence-electron chi connectivity index (χ1n) is 20.0. The van der Waals surface area contributed by atoms with E-state index in [0.29, 0.717) is 31.2 Å². The molecule has 296 valence electrons. The number of phosphoric acid groups is 1. The maximum Gasteiger partial charge on any atom is 0.472 e. The Bertz CT molecular complexity index is 1430. The van der Waals surface area contributed by atoms with Crippen LogP contribution in [0.5, 0.6) is 0 Å². The molecule has 1 fully saturated rings. The Kier molecular flexibility index (Phi) is 19.9. The lowest BCUT2D eigenvalue weighted by Gasteiger charge is -2.22. The fourth-order valence-electron chi connectivity index (χ4n) is 6.69. The van der Waals surface area contributed by atoms with E-state index in [2.05, 4.69) is 22.3 Å². The summed E-state index contributed by atoms with van der Waals surface area (Å²) >= 11 is 0. The average Bonchev–Trinajstić information content (AvgIpc) is 3.83. The van der Waals surface area contributed by atoms with Gasteiger partial charge >= 0.3 is 7.82 Å². The van der Waals surface area contributed by atoms with Gasteiger partial charge < -0.3 is 30.3 Å². The molecule has 4 rings (SSSR count). The lowest BCUT2D eigenvalue weighted by atomic mass is 10.0. The summed E-state index contributed by atoms with van der Waals surface area (Å²) in [5, 5.41) is 9.04. The van der Waals surface area contributed by atoms with E-state index in [4.69, 9.17) is 34.3 Å². The highest BCUT2D eigenvalue weighted by Gasteiger charge is 2.33. The van der Waals surface area contributed by atoms with Crippen LogP contribution in [-0.2, 0) is 34.4 Å². The van der Waals surface area contributed by atoms with Crippen LogP contribution in [0.25, 0.3) is 0 Å². The number of nitrogens with two attached hydrogens (primary N) is 1. The van der Waals surface area contributed by atoms with Crippen molar-refractivity contribution in [3.8, 4) is 6.07 Å². The van der Waals surface area contributed by atoms with Crippen molar-refractivity contribution < 1.29 is 32.7 Å². The van der Waals surface area contributed by atoms with Crippen molar-refractivity contribution in [1.82, 2.24) is 9.66 Å². The highest BCUT2D eigenvalue weighted by atomic mass is 31.2. The van der Waals surface area contributed by atoms with E-state index in [1.807, 2.05) is 22.9 Å². The van der Waals surface area contributed by atoms with Gasteiger partial charge in [-0.3, -0.25) is 13.7 Å². The fourth-order valence-corrected chi connectivity index (χ4v) is 7.48. The van der Waals surface area contributed by atoms with Gasteiger partial charge in [-0.2, -0.15) is 5.26 Å². The van der Waals surface area contributed by atoms with Crippen molar-refractivity contribution in [2.24, 2.45) is 10.7 Å². The standard InChI is InChI=1S/C39H63N6O7P/c1-2-3-4-5-6-7-8-9-10-11-12-13-14-15-16-17-24-48-28-35(49-27-32-18-19-33(25-40)42-26-32)30-51-53(46,47)50-29-34-20-23-38(52-34)36-21-22-37-39(41)43-31-44-45(36)37/h18-19,21-22,26,34-35,38,44H,2-17,20,23-24,27-31H2,1H3,(H2,41,43)(H,46,47). The molecule has 4 heterocycles. The number of nitriles is 1. The van der Waals surface area contributed by atoms with E-state index in [1.165, 1.54) is 89.9 Å². The van der Waals surface area contributed by atoms with Gasteiger partial charge in [-0.25, -0.2) is 14.5 Å². The first-order chi connectivity index (χ1) is 25.9. The number of aliphatic imine (C=N–C) groups is 1. The summed E-state index contributed by atoms with van der Waals surface area (Å²) in [6.07, 6.45) is 22.7. The van der Waals surface area contributed by atoms with Crippen molar-refractivity contribution in [3.63, 3.8) is 0 Å². The van der Waals surface area contributed by atoms with Crippen LogP contribution in [0, 0.1) is 11.3 Å². The zero-order valence-corrected chi connectivity index (χ0v) is 32.7. The number of unbranched alkanes of at least 4 members (excludes halogenated alkanes) is 15. The van der Waals surface area contributed by atoms with E-state index < -0.39 is 13.9 Å². The minimum absolute atomic E-state index is 0.0902. The molecule has 0 aromatic carbocycles. The summed E-state index contributed by atoms with van der Waals surface area (Å²) in [5.41, 5.74) is 12.0. The second kappa shape index (κ2) is 24.6. The number of phosphoric ester groups is 1. The number of pyridine rings is 1.